The highest BCUT2D eigenvalue weighted by atomic mass is 79.9. The fourth-order valence-corrected chi connectivity index (χ4v) is 3.26. The maximum absolute atomic E-state index is 6.12. The second-order valence-corrected chi connectivity index (χ2v) is 6.22. The number of rotatable bonds is 1. The molecular formula is C18H10BrClO. The molecule has 0 fully saturated rings. The Balaban J connectivity index is 2.02. The highest BCUT2D eigenvalue weighted by Crippen LogP contribution is 2.35. The summed E-state index contributed by atoms with van der Waals surface area (Å²) in [5, 5.41) is 2.98. The summed E-state index contributed by atoms with van der Waals surface area (Å²) >= 11 is 9.71. The molecule has 4 rings (SSSR count). The van der Waals surface area contributed by atoms with Crippen molar-refractivity contribution in [2.75, 3.05) is 0 Å². The third kappa shape index (κ3) is 2.15. The van der Waals surface area contributed by atoms with Crippen molar-refractivity contribution in [3.63, 3.8) is 0 Å². The Bertz CT molecular complexity index is 971. The molecule has 0 unspecified atom stereocenters. The van der Waals surface area contributed by atoms with Crippen LogP contribution in [0.5, 0.6) is 0 Å². The largest absolute Gasteiger partial charge is 0.456 e. The van der Waals surface area contributed by atoms with Gasteiger partial charge in [0.2, 0.25) is 0 Å². The lowest BCUT2D eigenvalue weighted by molar-refractivity contribution is 0.669. The van der Waals surface area contributed by atoms with Crippen LogP contribution in [-0.2, 0) is 0 Å². The maximum Gasteiger partial charge on any atom is 0.135 e. The Morgan fingerprint density at radius 1 is 0.810 bits per heavy atom. The average Bonchev–Trinajstić information content (AvgIpc) is 2.87. The van der Waals surface area contributed by atoms with Crippen molar-refractivity contribution in [2.45, 2.75) is 0 Å². The van der Waals surface area contributed by atoms with Gasteiger partial charge in [0, 0.05) is 20.3 Å². The van der Waals surface area contributed by atoms with Gasteiger partial charge in [-0.25, -0.2) is 0 Å². The zero-order valence-electron chi connectivity index (χ0n) is 10.9. The second kappa shape index (κ2) is 4.90. The summed E-state index contributed by atoms with van der Waals surface area (Å²) < 4.78 is 6.89. The monoisotopic (exact) mass is 356 g/mol. The van der Waals surface area contributed by atoms with Gasteiger partial charge in [-0.1, -0.05) is 51.8 Å². The Hall–Kier alpha value is -1.77. The van der Waals surface area contributed by atoms with E-state index in [0.29, 0.717) is 0 Å². The SMILES string of the molecule is Clc1ccc(Br)c(-c2ccc3oc4ccccc4c3c2)c1. The van der Waals surface area contributed by atoms with Crippen LogP contribution in [0.3, 0.4) is 0 Å². The average molecular weight is 358 g/mol. The van der Waals surface area contributed by atoms with Crippen molar-refractivity contribution in [3.05, 3.63) is 70.2 Å². The number of halogens is 2. The second-order valence-electron chi connectivity index (χ2n) is 4.93. The molecule has 1 nitrogen and oxygen atoms in total. The van der Waals surface area contributed by atoms with Gasteiger partial charge in [-0.15, -0.1) is 0 Å². The van der Waals surface area contributed by atoms with Gasteiger partial charge in [-0.3, -0.25) is 0 Å². The van der Waals surface area contributed by atoms with E-state index in [-0.39, 0.29) is 0 Å². The summed E-state index contributed by atoms with van der Waals surface area (Å²) in [6, 6.07) is 20.1. The number of furan rings is 1. The first-order valence-electron chi connectivity index (χ1n) is 6.59. The molecule has 0 aliphatic carbocycles. The van der Waals surface area contributed by atoms with Crippen molar-refractivity contribution in [2.24, 2.45) is 0 Å². The van der Waals surface area contributed by atoms with Gasteiger partial charge in [0.05, 0.1) is 0 Å². The highest BCUT2D eigenvalue weighted by molar-refractivity contribution is 9.10. The lowest BCUT2D eigenvalue weighted by Crippen LogP contribution is -1.80. The minimum absolute atomic E-state index is 0.727. The summed E-state index contributed by atoms with van der Waals surface area (Å²) in [5.41, 5.74) is 4.01. The van der Waals surface area contributed by atoms with Gasteiger partial charge in [0.25, 0.3) is 0 Å². The third-order valence-corrected chi connectivity index (χ3v) is 4.54. The van der Waals surface area contributed by atoms with E-state index in [1.165, 1.54) is 0 Å². The Morgan fingerprint density at radius 2 is 1.62 bits per heavy atom. The van der Waals surface area contributed by atoms with Crippen LogP contribution in [0.25, 0.3) is 33.1 Å². The van der Waals surface area contributed by atoms with E-state index in [4.69, 9.17) is 16.0 Å². The molecule has 0 atom stereocenters. The first-order chi connectivity index (χ1) is 10.2. The third-order valence-electron chi connectivity index (χ3n) is 3.62. The van der Waals surface area contributed by atoms with Gasteiger partial charge in [-0.2, -0.15) is 0 Å². The molecule has 3 aromatic carbocycles. The van der Waals surface area contributed by atoms with Gasteiger partial charge in [0.1, 0.15) is 11.2 Å². The van der Waals surface area contributed by atoms with Crippen LogP contribution >= 0.6 is 27.5 Å². The molecule has 4 aromatic rings. The van der Waals surface area contributed by atoms with Crippen molar-refractivity contribution in [1.29, 1.82) is 0 Å². The van der Waals surface area contributed by atoms with Crippen molar-refractivity contribution in [3.8, 4) is 11.1 Å². The quantitative estimate of drug-likeness (QED) is 0.371. The topological polar surface area (TPSA) is 13.1 Å². The van der Waals surface area contributed by atoms with Gasteiger partial charge in [0.15, 0.2) is 0 Å². The molecule has 0 amide bonds. The molecule has 0 saturated carbocycles. The summed E-state index contributed by atoms with van der Waals surface area (Å²) in [7, 11) is 0. The van der Waals surface area contributed by atoms with E-state index in [1.54, 1.807) is 0 Å². The molecule has 1 aromatic heterocycles. The fourth-order valence-electron chi connectivity index (χ4n) is 2.61. The highest BCUT2D eigenvalue weighted by Gasteiger charge is 2.09. The van der Waals surface area contributed by atoms with Gasteiger partial charge >= 0.3 is 0 Å². The molecule has 3 heteroatoms. The lowest BCUT2D eigenvalue weighted by atomic mass is 10.0. The summed E-state index contributed by atoms with van der Waals surface area (Å²) in [4.78, 5) is 0. The van der Waals surface area contributed by atoms with Gasteiger partial charge < -0.3 is 4.42 Å². The fraction of sp³-hybridized carbons (Fsp3) is 0. The van der Waals surface area contributed by atoms with E-state index in [1.807, 2.05) is 42.5 Å². The summed E-state index contributed by atoms with van der Waals surface area (Å²) in [6.45, 7) is 0. The Kier molecular flexibility index (Phi) is 3.02. The minimum atomic E-state index is 0.727. The first kappa shape index (κ1) is 12.9. The van der Waals surface area contributed by atoms with Crippen LogP contribution in [0.4, 0.5) is 0 Å². The number of para-hydroxylation sites is 1. The van der Waals surface area contributed by atoms with E-state index >= 15 is 0 Å². The van der Waals surface area contributed by atoms with Crippen LogP contribution in [0, 0.1) is 0 Å². The molecule has 1 heterocycles. The number of fused-ring (bicyclic) bond motifs is 3. The van der Waals surface area contributed by atoms with Gasteiger partial charge in [-0.05, 0) is 47.5 Å². The molecule has 21 heavy (non-hydrogen) atoms. The van der Waals surface area contributed by atoms with Crippen LogP contribution in [-0.4, -0.2) is 0 Å². The van der Waals surface area contributed by atoms with Crippen LogP contribution in [0.15, 0.2) is 69.6 Å². The standard InChI is InChI=1S/C18H10BrClO/c19-16-7-6-12(20)10-14(16)11-5-8-18-15(9-11)13-3-1-2-4-17(13)21-18/h1-10H. The first-order valence-corrected chi connectivity index (χ1v) is 7.76. The molecule has 0 N–H and O–H groups in total. The van der Waals surface area contributed by atoms with Crippen molar-refractivity contribution < 1.29 is 4.42 Å². The predicted octanol–water partition coefficient (Wildman–Crippen LogP) is 6.67. The normalized spacial score (nSPS) is 11.3. The minimum Gasteiger partial charge on any atom is -0.456 e. The van der Waals surface area contributed by atoms with E-state index in [0.717, 1.165) is 42.6 Å². The van der Waals surface area contributed by atoms with Crippen LogP contribution in [0.2, 0.25) is 5.02 Å². The van der Waals surface area contributed by atoms with E-state index in [9.17, 15) is 0 Å². The zero-order chi connectivity index (χ0) is 14.4. The molecule has 0 aliphatic heterocycles. The van der Waals surface area contributed by atoms with Crippen LogP contribution < -0.4 is 0 Å². The zero-order valence-corrected chi connectivity index (χ0v) is 13.3. The maximum atomic E-state index is 6.12. The molecule has 0 spiro atoms. The molecule has 0 bridgehead atoms. The number of benzene rings is 3. The number of hydrogen-bond acceptors (Lipinski definition) is 1. The van der Waals surface area contributed by atoms with Crippen molar-refractivity contribution >= 4 is 49.5 Å². The summed E-state index contributed by atoms with van der Waals surface area (Å²) in [5.74, 6) is 0. The smallest absolute Gasteiger partial charge is 0.135 e. The Morgan fingerprint density at radius 3 is 2.52 bits per heavy atom. The molecule has 0 saturated heterocycles. The molecular weight excluding hydrogens is 348 g/mol. The predicted molar refractivity (Wildman–Crippen MR) is 91.9 cm³/mol. The van der Waals surface area contributed by atoms with E-state index in [2.05, 4.69) is 34.1 Å². The lowest BCUT2D eigenvalue weighted by Gasteiger charge is -2.05. The molecule has 102 valence electrons. The van der Waals surface area contributed by atoms with Crippen LogP contribution in [0.1, 0.15) is 0 Å². The van der Waals surface area contributed by atoms with E-state index < -0.39 is 0 Å². The Labute approximate surface area is 135 Å². The van der Waals surface area contributed by atoms with Crippen molar-refractivity contribution in [1.82, 2.24) is 0 Å². The molecule has 0 aliphatic rings. The number of hydrogen-bond donors (Lipinski definition) is 0. The summed E-state index contributed by atoms with van der Waals surface area (Å²) in [6.07, 6.45) is 0. The molecule has 0 radical (unpaired) electrons.